The van der Waals surface area contributed by atoms with Crippen LogP contribution in [0.2, 0.25) is 0 Å². The SMILES string of the molecule is CN[C@@H](C)C(=O)N[C@H](C(=O)N1CCC[C@H]1C(=O)N[C@@H]1CCCc2c(OCCc3ccc(CCOc4cccc5c4CCC[C@H]5NC(=O)[C@@H]4CCCN4C(=O)[C@@H](NC(=O)[C@H](C)NC)C4CCCCC4)cc3)cccc21)C1CCCCC1. The van der Waals surface area contributed by atoms with Gasteiger partial charge in [-0.3, -0.25) is 28.8 Å². The molecule has 3 aromatic rings. The van der Waals surface area contributed by atoms with Gasteiger partial charge in [-0.05, 0) is 175 Å². The highest BCUT2D eigenvalue weighted by Crippen LogP contribution is 2.39. The van der Waals surface area contributed by atoms with Gasteiger partial charge in [0.1, 0.15) is 35.7 Å². The minimum atomic E-state index is -0.634. The predicted octanol–water partition coefficient (Wildman–Crippen LogP) is 7.24. The molecule has 0 radical (unpaired) electrons. The Bertz CT molecular complexity index is 2440. The summed E-state index contributed by atoms with van der Waals surface area (Å²) in [5, 5.41) is 18.8. The van der Waals surface area contributed by atoms with Crippen molar-refractivity contribution in [2.75, 3.05) is 40.4 Å². The molecular weight excluding hydrogens is 1010 g/mol. The normalized spacial score (nSPS) is 22.9. The molecule has 16 nitrogen and oxygen atoms in total. The molecule has 3 aromatic carbocycles. The summed E-state index contributed by atoms with van der Waals surface area (Å²) in [6.07, 6.45) is 19.3. The molecule has 8 atom stereocenters. The molecule has 2 aliphatic heterocycles. The number of carbonyl (C=O) groups is 6. The van der Waals surface area contributed by atoms with E-state index in [2.05, 4.69) is 68.3 Å². The topological polar surface area (TPSA) is 200 Å². The standard InChI is InChI=1S/C64H90N8O8/c1-41(65-3)59(73)69-57(45-17-7-5-8-18-45)63(77)71-37-15-27-53(71)61(75)67-51-25-11-23-49-47(51)21-13-29-55(49)79-39-35-43-31-33-44(34-32-43)36-40-80-56-30-14-22-48-50(56)24-12-26-52(48)68-62(76)54-28-16-38-72(54)64(78)58(46-19-9-6-10-20-46)70-60(74)42(2)66-4/h13-14,21-22,29-34,41-42,45-46,51-54,57-58,65-66H,5-12,15-20,23-28,35-40H2,1-4H3,(H,67,75)(H,68,76)(H,69,73)(H,70,74)/t41-,42-,51+,52+,53-,54-,57-,58-/m0/s1. The van der Waals surface area contributed by atoms with Gasteiger partial charge in [-0.1, -0.05) is 87.1 Å². The molecule has 16 heteroatoms. The van der Waals surface area contributed by atoms with Crippen molar-refractivity contribution in [1.29, 1.82) is 0 Å². The number of hydrogen-bond acceptors (Lipinski definition) is 10. The summed E-state index contributed by atoms with van der Waals surface area (Å²) in [4.78, 5) is 86.5. The number of hydrogen-bond donors (Lipinski definition) is 6. The van der Waals surface area contributed by atoms with E-state index in [1.54, 1.807) is 37.7 Å². The van der Waals surface area contributed by atoms with Gasteiger partial charge in [0, 0.05) is 25.9 Å². The lowest BCUT2D eigenvalue weighted by Crippen LogP contribution is -2.58. The number of likely N-dealkylation sites (tertiary alicyclic amines) is 2. The van der Waals surface area contributed by atoms with Crippen LogP contribution in [0.25, 0.3) is 0 Å². The largest absolute Gasteiger partial charge is 0.493 e. The highest BCUT2D eigenvalue weighted by atomic mass is 16.5. The predicted molar refractivity (Wildman–Crippen MR) is 309 cm³/mol. The first-order chi connectivity index (χ1) is 38.9. The lowest BCUT2D eigenvalue weighted by molar-refractivity contribution is -0.143. The van der Waals surface area contributed by atoms with E-state index in [1.807, 2.05) is 24.3 Å². The molecule has 2 saturated carbocycles. The molecule has 0 aromatic heterocycles. The van der Waals surface area contributed by atoms with Crippen LogP contribution < -0.4 is 41.4 Å². The fraction of sp³-hybridized carbons (Fsp3) is 0.625. The molecule has 4 fully saturated rings. The van der Waals surface area contributed by atoms with Gasteiger partial charge in [-0.25, -0.2) is 0 Å². The summed E-state index contributed by atoms with van der Waals surface area (Å²) in [6.45, 7) is 5.62. The fourth-order valence-corrected chi connectivity index (χ4v) is 13.6. The first-order valence-electron chi connectivity index (χ1n) is 30.7. The van der Waals surface area contributed by atoms with E-state index in [1.165, 1.54) is 11.1 Å². The Balaban J connectivity index is 0.747. The second-order valence-corrected chi connectivity index (χ2v) is 23.7. The van der Waals surface area contributed by atoms with Crippen LogP contribution in [0.1, 0.15) is 175 Å². The number of nitrogens with one attached hydrogen (secondary N) is 6. The van der Waals surface area contributed by atoms with Gasteiger partial charge >= 0.3 is 0 Å². The number of fused-ring (bicyclic) bond motifs is 2. The third-order valence-corrected chi connectivity index (χ3v) is 18.6. The lowest BCUT2D eigenvalue weighted by Gasteiger charge is -2.36. The van der Waals surface area contributed by atoms with Crippen molar-refractivity contribution in [3.05, 3.63) is 94.0 Å². The number of rotatable bonds is 22. The number of nitrogens with zero attached hydrogens (tertiary/aromatic N) is 2. The van der Waals surface area contributed by atoms with Crippen LogP contribution in [-0.4, -0.2) is 122 Å². The molecule has 0 spiro atoms. The van der Waals surface area contributed by atoms with Crippen molar-refractivity contribution in [3.63, 3.8) is 0 Å². The maximum atomic E-state index is 14.3. The Labute approximate surface area is 474 Å². The van der Waals surface area contributed by atoms with Crippen molar-refractivity contribution < 1.29 is 38.2 Å². The van der Waals surface area contributed by atoms with Crippen LogP contribution >= 0.6 is 0 Å². The molecule has 0 unspecified atom stereocenters. The maximum absolute atomic E-state index is 14.3. The molecule has 434 valence electrons. The van der Waals surface area contributed by atoms with Gasteiger partial charge in [0.25, 0.3) is 0 Å². The van der Waals surface area contributed by atoms with E-state index in [9.17, 15) is 28.8 Å². The Morgan fingerprint density at radius 1 is 0.500 bits per heavy atom. The van der Waals surface area contributed by atoms with Gasteiger partial charge in [-0.2, -0.15) is 0 Å². The Morgan fingerprint density at radius 3 is 1.29 bits per heavy atom. The summed E-state index contributed by atoms with van der Waals surface area (Å²) in [7, 11) is 3.48. The van der Waals surface area contributed by atoms with Crippen LogP contribution in [-0.2, 0) is 54.5 Å². The average Bonchev–Trinajstić information content (AvgIpc) is 4.21. The summed E-state index contributed by atoms with van der Waals surface area (Å²) in [5.41, 5.74) is 6.75. The van der Waals surface area contributed by atoms with Crippen molar-refractivity contribution >= 4 is 35.4 Å². The Morgan fingerprint density at radius 2 is 0.900 bits per heavy atom. The molecule has 0 bridgehead atoms. The third kappa shape index (κ3) is 14.2. The zero-order valence-electron chi connectivity index (χ0n) is 48.1. The molecular formula is C64H90N8O8. The number of amides is 6. The van der Waals surface area contributed by atoms with E-state index in [0.29, 0.717) is 39.1 Å². The Hall–Kier alpha value is -6.00. The Kier molecular flexibility index (Phi) is 20.6. The number of ether oxygens (including phenoxy) is 2. The quantitative estimate of drug-likeness (QED) is 0.0596. The van der Waals surface area contributed by atoms with Crippen LogP contribution in [0.5, 0.6) is 11.5 Å². The number of likely N-dealkylation sites (N-methyl/N-ethyl adjacent to an activating group) is 2. The summed E-state index contributed by atoms with van der Waals surface area (Å²) < 4.78 is 13.0. The molecule has 4 aliphatic carbocycles. The lowest BCUT2D eigenvalue weighted by atomic mass is 9.83. The van der Waals surface area contributed by atoms with Gasteiger partial charge in [0.15, 0.2) is 0 Å². The van der Waals surface area contributed by atoms with Crippen LogP contribution in [0.15, 0.2) is 60.7 Å². The van der Waals surface area contributed by atoms with Gasteiger partial charge in [0.05, 0.1) is 37.4 Å². The van der Waals surface area contributed by atoms with Crippen molar-refractivity contribution in [2.45, 2.75) is 203 Å². The summed E-state index contributed by atoms with van der Waals surface area (Å²) in [6, 6.07) is 17.2. The first-order valence-corrected chi connectivity index (χ1v) is 30.7. The summed E-state index contributed by atoms with van der Waals surface area (Å²) in [5.74, 6) is 0.904. The maximum Gasteiger partial charge on any atom is 0.246 e. The van der Waals surface area contributed by atoms with Crippen molar-refractivity contribution in [2.24, 2.45) is 11.8 Å². The van der Waals surface area contributed by atoms with E-state index >= 15 is 0 Å². The first kappa shape index (κ1) is 58.6. The molecule has 6 aliphatic rings. The fourth-order valence-electron chi connectivity index (χ4n) is 13.6. The molecule has 9 rings (SSSR count). The zero-order chi connectivity index (χ0) is 56.1. The second-order valence-electron chi connectivity index (χ2n) is 23.7. The van der Waals surface area contributed by atoms with Crippen molar-refractivity contribution in [1.82, 2.24) is 41.7 Å². The number of carbonyl (C=O) groups excluding carboxylic acids is 6. The minimum absolute atomic E-state index is 0.0639. The number of benzene rings is 3. The van der Waals surface area contributed by atoms with E-state index in [4.69, 9.17) is 9.47 Å². The highest BCUT2D eigenvalue weighted by molar-refractivity contribution is 5.95. The van der Waals surface area contributed by atoms with E-state index in [-0.39, 0.29) is 59.4 Å². The van der Waals surface area contributed by atoms with Crippen LogP contribution in [0, 0.1) is 11.8 Å². The van der Waals surface area contributed by atoms with Crippen LogP contribution in [0.4, 0.5) is 0 Å². The minimum Gasteiger partial charge on any atom is -0.493 e. The summed E-state index contributed by atoms with van der Waals surface area (Å²) >= 11 is 0. The van der Waals surface area contributed by atoms with Crippen LogP contribution in [0.3, 0.4) is 0 Å². The smallest absolute Gasteiger partial charge is 0.246 e. The molecule has 2 saturated heterocycles. The molecule has 6 amide bonds. The third-order valence-electron chi connectivity index (χ3n) is 18.6. The zero-order valence-corrected chi connectivity index (χ0v) is 48.1. The molecule has 80 heavy (non-hydrogen) atoms. The van der Waals surface area contributed by atoms with E-state index < -0.39 is 36.3 Å². The van der Waals surface area contributed by atoms with E-state index in [0.717, 1.165) is 162 Å². The van der Waals surface area contributed by atoms with Crippen molar-refractivity contribution in [3.8, 4) is 11.5 Å². The molecule has 6 N–H and O–H groups in total. The monoisotopic (exact) mass is 1100 g/mol. The van der Waals surface area contributed by atoms with Gasteiger partial charge < -0.3 is 51.2 Å². The van der Waals surface area contributed by atoms with Gasteiger partial charge in [-0.15, -0.1) is 0 Å². The molecule has 2 heterocycles. The second kappa shape index (κ2) is 28.1. The average molecular weight is 1100 g/mol. The van der Waals surface area contributed by atoms with Gasteiger partial charge in [0.2, 0.25) is 35.4 Å². The highest BCUT2D eigenvalue weighted by Gasteiger charge is 2.44.